The van der Waals surface area contributed by atoms with E-state index in [4.69, 9.17) is 5.73 Å². The number of hydrogen-bond donors (Lipinski definition) is 1. The molecule has 1 aromatic rings. The first-order chi connectivity index (χ1) is 8.49. The molecule has 0 saturated carbocycles. The van der Waals surface area contributed by atoms with Gasteiger partial charge in [-0.3, -0.25) is 4.90 Å². The summed E-state index contributed by atoms with van der Waals surface area (Å²) in [5.74, 6) is 0.391. The van der Waals surface area contributed by atoms with Crippen molar-refractivity contribution in [3.8, 4) is 0 Å². The van der Waals surface area contributed by atoms with Crippen LogP contribution in [0.5, 0.6) is 0 Å². The summed E-state index contributed by atoms with van der Waals surface area (Å²) >= 11 is 0. The quantitative estimate of drug-likeness (QED) is 0.843. The Bertz CT molecular complexity index is 377. The second kappa shape index (κ2) is 6.86. The van der Waals surface area contributed by atoms with E-state index in [-0.39, 0.29) is 11.9 Å². The number of benzene rings is 1. The average molecular weight is 252 g/mol. The minimum atomic E-state index is -0.186. The van der Waals surface area contributed by atoms with E-state index < -0.39 is 0 Å². The molecule has 0 spiro atoms. The summed E-state index contributed by atoms with van der Waals surface area (Å²) < 4.78 is 13.4. The molecule has 0 aliphatic carbocycles. The lowest BCUT2D eigenvalue weighted by molar-refractivity contribution is 0.188. The first kappa shape index (κ1) is 15.1. The van der Waals surface area contributed by atoms with Gasteiger partial charge in [0.25, 0.3) is 0 Å². The van der Waals surface area contributed by atoms with E-state index in [0.717, 1.165) is 24.2 Å². The fraction of sp³-hybridized carbons (Fsp3) is 0.600. The molecule has 3 heteroatoms. The number of rotatable bonds is 6. The van der Waals surface area contributed by atoms with E-state index in [1.165, 1.54) is 6.07 Å². The molecular formula is C15H25FN2. The smallest absolute Gasteiger partial charge is 0.123 e. The molecule has 0 aromatic heterocycles. The Labute approximate surface area is 110 Å². The third kappa shape index (κ3) is 3.79. The van der Waals surface area contributed by atoms with Gasteiger partial charge in [-0.2, -0.15) is 0 Å². The fourth-order valence-electron chi connectivity index (χ4n) is 2.39. The van der Waals surface area contributed by atoms with Crippen molar-refractivity contribution in [1.82, 2.24) is 4.90 Å². The van der Waals surface area contributed by atoms with Crippen molar-refractivity contribution in [2.45, 2.75) is 33.7 Å². The van der Waals surface area contributed by atoms with Crippen molar-refractivity contribution in [2.75, 3.05) is 19.6 Å². The first-order valence-corrected chi connectivity index (χ1v) is 6.69. The molecule has 18 heavy (non-hydrogen) atoms. The molecular weight excluding hydrogens is 227 g/mol. The van der Waals surface area contributed by atoms with E-state index in [1.54, 1.807) is 6.07 Å². The standard InChI is InChI=1S/C15H25FN2/c1-5-18(10-11(2)3)15(9-17)14-8-13(16)7-6-12(14)4/h6-8,11,15H,5,9-10,17H2,1-4H3. The average Bonchev–Trinajstić information content (AvgIpc) is 2.32. The van der Waals surface area contributed by atoms with E-state index in [0.29, 0.717) is 12.5 Å². The molecule has 0 aliphatic heterocycles. The molecule has 0 aliphatic rings. The molecule has 1 unspecified atom stereocenters. The lowest BCUT2D eigenvalue weighted by Crippen LogP contribution is -2.36. The molecule has 1 rings (SSSR count). The molecule has 0 saturated heterocycles. The molecule has 102 valence electrons. The van der Waals surface area contributed by atoms with E-state index in [9.17, 15) is 4.39 Å². The summed E-state index contributed by atoms with van der Waals surface area (Å²) in [5.41, 5.74) is 8.03. The van der Waals surface area contributed by atoms with Crippen LogP contribution >= 0.6 is 0 Å². The van der Waals surface area contributed by atoms with Crippen molar-refractivity contribution in [3.63, 3.8) is 0 Å². The van der Waals surface area contributed by atoms with Crippen molar-refractivity contribution < 1.29 is 4.39 Å². The second-order valence-corrected chi connectivity index (χ2v) is 5.23. The second-order valence-electron chi connectivity index (χ2n) is 5.23. The summed E-state index contributed by atoms with van der Waals surface area (Å²) in [6.07, 6.45) is 0. The Morgan fingerprint density at radius 3 is 2.50 bits per heavy atom. The number of likely N-dealkylation sites (N-methyl/N-ethyl adjacent to an activating group) is 1. The van der Waals surface area contributed by atoms with Crippen LogP contribution in [-0.4, -0.2) is 24.5 Å². The number of nitrogens with two attached hydrogens (primary N) is 1. The monoisotopic (exact) mass is 252 g/mol. The highest BCUT2D eigenvalue weighted by atomic mass is 19.1. The first-order valence-electron chi connectivity index (χ1n) is 6.69. The third-order valence-electron chi connectivity index (χ3n) is 3.27. The zero-order valence-corrected chi connectivity index (χ0v) is 11.9. The summed E-state index contributed by atoms with van der Waals surface area (Å²) in [6.45, 7) is 10.9. The SMILES string of the molecule is CCN(CC(C)C)C(CN)c1cc(F)ccc1C. The zero-order valence-electron chi connectivity index (χ0n) is 11.9. The minimum Gasteiger partial charge on any atom is -0.329 e. The number of halogens is 1. The van der Waals surface area contributed by atoms with Crippen LogP contribution in [-0.2, 0) is 0 Å². The van der Waals surface area contributed by atoms with Gasteiger partial charge in [-0.25, -0.2) is 4.39 Å². The summed E-state index contributed by atoms with van der Waals surface area (Å²) in [5, 5.41) is 0. The molecule has 0 radical (unpaired) electrons. The van der Waals surface area contributed by atoms with Gasteiger partial charge in [0, 0.05) is 19.1 Å². The van der Waals surface area contributed by atoms with Gasteiger partial charge >= 0.3 is 0 Å². The molecule has 0 amide bonds. The third-order valence-corrected chi connectivity index (χ3v) is 3.27. The van der Waals surface area contributed by atoms with Crippen LogP contribution in [0.25, 0.3) is 0 Å². The maximum atomic E-state index is 13.4. The summed E-state index contributed by atoms with van der Waals surface area (Å²) in [7, 11) is 0. The molecule has 0 fully saturated rings. The highest BCUT2D eigenvalue weighted by molar-refractivity contribution is 5.30. The number of aryl methyl sites for hydroxylation is 1. The molecule has 0 heterocycles. The lowest BCUT2D eigenvalue weighted by Gasteiger charge is -2.32. The summed E-state index contributed by atoms with van der Waals surface area (Å²) in [6, 6.07) is 5.06. The molecule has 0 bridgehead atoms. The topological polar surface area (TPSA) is 29.3 Å². The van der Waals surface area contributed by atoms with Crippen LogP contribution < -0.4 is 5.73 Å². The van der Waals surface area contributed by atoms with E-state index in [1.807, 2.05) is 13.0 Å². The minimum absolute atomic E-state index is 0.105. The van der Waals surface area contributed by atoms with Crippen LogP contribution in [0.15, 0.2) is 18.2 Å². The zero-order chi connectivity index (χ0) is 13.7. The van der Waals surface area contributed by atoms with Gasteiger partial charge in [-0.05, 0) is 42.6 Å². The number of nitrogens with zero attached hydrogens (tertiary/aromatic N) is 1. The summed E-state index contributed by atoms with van der Waals surface area (Å²) in [4.78, 5) is 2.33. The maximum absolute atomic E-state index is 13.4. The van der Waals surface area contributed by atoms with Crippen molar-refractivity contribution in [2.24, 2.45) is 11.7 Å². The van der Waals surface area contributed by atoms with Crippen molar-refractivity contribution >= 4 is 0 Å². The van der Waals surface area contributed by atoms with Crippen molar-refractivity contribution in [1.29, 1.82) is 0 Å². The predicted octanol–water partition coefficient (Wildman–Crippen LogP) is 3.11. The van der Waals surface area contributed by atoms with Gasteiger partial charge < -0.3 is 5.73 Å². The number of hydrogen-bond acceptors (Lipinski definition) is 2. The molecule has 2 nitrogen and oxygen atoms in total. The van der Waals surface area contributed by atoms with Gasteiger partial charge in [0.15, 0.2) is 0 Å². The molecule has 2 N–H and O–H groups in total. The van der Waals surface area contributed by atoms with Gasteiger partial charge in [0.05, 0.1) is 0 Å². The van der Waals surface area contributed by atoms with Gasteiger partial charge in [-0.15, -0.1) is 0 Å². The Morgan fingerprint density at radius 2 is 2.00 bits per heavy atom. The van der Waals surface area contributed by atoms with E-state index >= 15 is 0 Å². The van der Waals surface area contributed by atoms with Gasteiger partial charge in [0.2, 0.25) is 0 Å². The normalized spacial score (nSPS) is 13.3. The fourth-order valence-corrected chi connectivity index (χ4v) is 2.39. The van der Waals surface area contributed by atoms with Crippen LogP contribution in [0, 0.1) is 18.7 Å². The Hall–Kier alpha value is -0.930. The Kier molecular flexibility index (Phi) is 5.76. The van der Waals surface area contributed by atoms with Crippen LogP contribution in [0.1, 0.15) is 37.9 Å². The predicted molar refractivity (Wildman–Crippen MR) is 75.0 cm³/mol. The maximum Gasteiger partial charge on any atom is 0.123 e. The largest absolute Gasteiger partial charge is 0.329 e. The highest BCUT2D eigenvalue weighted by Crippen LogP contribution is 2.24. The lowest BCUT2D eigenvalue weighted by atomic mass is 9.98. The van der Waals surface area contributed by atoms with Crippen molar-refractivity contribution in [3.05, 3.63) is 35.1 Å². The Balaban J connectivity index is 3.03. The van der Waals surface area contributed by atoms with Gasteiger partial charge in [0.1, 0.15) is 5.82 Å². The van der Waals surface area contributed by atoms with Crippen LogP contribution in [0.3, 0.4) is 0 Å². The van der Waals surface area contributed by atoms with E-state index in [2.05, 4.69) is 25.7 Å². The van der Waals surface area contributed by atoms with Crippen LogP contribution in [0.4, 0.5) is 4.39 Å². The van der Waals surface area contributed by atoms with Crippen LogP contribution in [0.2, 0.25) is 0 Å². The molecule has 1 atom stereocenters. The van der Waals surface area contributed by atoms with Gasteiger partial charge in [-0.1, -0.05) is 26.8 Å². The highest BCUT2D eigenvalue weighted by Gasteiger charge is 2.20. The Morgan fingerprint density at radius 1 is 1.33 bits per heavy atom. The molecule has 1 aromatic carbocycles.